The number of hydrogen-bond donors (Lipinski definition) is 0. The molecule has 0 aromatic heterocycles. The fourth-order valence-corrected chi connectivity index (χ4v) is 3.45. The van der Waals surface area contributed by atoms with Crippen LogP contribution in [-0.2, 0) is 14.3 Å². The second kappa shape index (κ2) is 13.7. The SMILES string of the molecule is CCCCCCCCON1C(=O)c2ccccc2C1OCCC(C)OCCCC. The first-order chi connectivity index (χ1) is 14.2. The van der Waals surface area contributed by atoms with E-state index in [-0.39, 0.29) is 12.0 Å². The molecule has 0 spiro atoms. The molecule has 164 valence electrons. The number of amides is 1. The molecule has 2 rings (SSSR count). The van der Waals surface area contributed by atoms with Crippen LogP contribution >= 0.6 is 0 Å². The molecule has 0 aliphatic carbocycles. The van der Waals surface area contributed by atoms with E-state index < -0.39 is 6.23 Å². The van der Waals surface area contributed by atoms with Gasteiger partial charge in [-0.15, -0.1) is 0 Å². The van der Waals surface area contributed by atoms with E-state index >= 15 is 0 Å². The summed E-state index contributed by atoms with van der Waals surface area (Å²) in [6, 6.07) is 7.62. The highest BCUT2D eigenvalue weighted by atomic mass is 16.7. The maximum atomic E-state index is 12.8. The van der Waals surface area contributed by atoms with Crippen molar-refractivity contribution in [2.45, 2.75) is 90.9 Å². The number of benzene rings is 1. The summed E-state index contributed by atoms with van der Waals surface area (Å²) < 4.78 is 11.9. The highest BCUT2D eigenvalue weighted by Gasteiger charge is 2.38. The van der Waals surface area contributed by atoms with Gasteiger partial charge >= 0.3 is 0 Å². The van der Waals surface area contributed by atoms with Gasteiger partial charge in [0.1, 0.15) is 0 Å². The van der Waals surface area contributed by atoms with Crippen LogP contribution in [0.3, 0.4) is 0 Å². The molecule has 1 aliphatic heterocycles. The van der Waals surface area contributed by atoms with Gasteiger partial charge in [0, 0.05) is 17.7 Å². The third kappa shape index (κ3) is 7.72. The van der Waals surface area contributed by atoms with E-state index in [1.54, 1.807) is 0 Å². The van der Waals surface area contributed by atoms with Crippen molar-refractivity contribution in [1.82, 2.24) is 5.06 Å². The standard InChI is InChI=1S/C24H39NO4/c1-4-6-8-9-10-13-18-29-25-23(26)21-14-11-12-15-22(21)24(25)28-19-16-20(3)27-17-7-5-2/h11-12,14-15,20,24H,4-10,13,16-19H2,1-3H3. The Labute approximate surface area is 176 Å². The lowest BCUT2D eigenvalue weighted by molar-refractivity contribution is -0.218. The number of fused-ring (bicyclic) bond motifs is 1. The number of unbranched alkanes of at least 4 members (excludes halogenated alkanes) is 6. The Morgan fingerprint density at radius 2 is 1.66 bits per heavy atom. The lowest BCUT2D eigenvalue weighted by atomic mass is 10.1. The topological polar surface area (TPSA) is 48.0 Å². The number of ether oxygens (including phenoxy) is 2. The zero-order chi connectivity index (χ0) is 20.9. The lowest BCUT2D eigenvalue weighted by Gasteiger charge is -2.25. The average molecular weight is 406 g/mol. The summed E-state index contributed by atoms with van der Waals surface area (Å²) >= 11 is 0. The average Bonchev–Trinajstić information content (AvgIpc) is 2.99. The zero-order valence-corrected chi connectivity index (χ0v) is 18.5. The van der Waals surface area contributed by atoms with Crippen molar-refractivity contribution in [3.05, 3.63) is 35.4 Å². The first-order valence-electron chi connectivity index (χ1n) is 11.5. The van der Waals surface area contributed by atoms with Gasteiger partial charge in [-0.2, -0.15) is 5.06 Å². The first-order valence-corrected chi connectivity index (χ1v) is 11.5. The predicted molar refractivity (Wildman–Crippen MR) is 116 cm³/mol. The highest BCUT2D eigenvalue weighted by molar-refractivity contribution is 5.98. The quantitative estimate of drug-likeness (QED) is 0.314. The summed E-state index contributed by atoms with van der Waals surface area (Å²) in [5.41, 5.74) is 1.56. The summed E-state index contributed by atoms with van der Waals surface area (Å²) in [5.74, 6) is -0.108. The van der Waals surface area contributed by atoms with E-state index in [4.69, 9.17) is 14.3 Å². The molecular weight excluding hydrogens is 366 g/mol. The number of hydrogen-bond acceptors (Lipinski definition) is 4. The Morgan fingerprint density at radius 1 is 0.931 bits per heavy atom. The Balaban J connectivity index is 1.82. The van der Waals surface area contributed by atoms with Crippen LogP contribution in [0.15, 0.2) is 24.3 Å². The molecule has 0 saturated heterocycles. The third-order valence-electron chi connectivity index (χ3n) is 5.30. The summed E-state index contributed by atoms with van der Waals surface area (Å²) in [7, 11) is 0. The Hall–Kier alpha value is -1.43. The minimum atomic E-state index is -0.471. The zero-order valence-electron chi connectivity index (χ0n) is 18.5. The van der Waals surface area contributed by atoms with E-state index in [1.807, 2.05) is 24.3 Å². The summed E-state index contributed by atoms with van der Waals surface area (Å²) in [6.07, 6.45) is 9.80. The molecule has 2 atom stereocenters. The van der Waals surface area contributed by atoms with Crippen molar-refractivity contribution in [2.75, 3.05) is 19.8 Å². The molecule has 0 fully saturated rings. The molecule has 1 heterocycles. The van der Waals surface area contributed by atoms with Crippen molar-refractivity contribution in [1.29, 1.82) is 0 Å². The first kappa shape index (κ1) is 23.8. The van der Waals surface area contributed by atoms with Crippen LogP contribution in [-0.4, -0.2) is 36.9 Å². The van der Waals surface area contributed by atoms with Crippen molar-refractivity contribution in [3.63, 3.8) is 0 Å². The molecule has 1 amide bonds. The molecule has 0 radical (unpaired) electrons. The van der Waals surface area contributed by atoms with Crippen LogP contribution in [0.25, 0.3) is 0 Å². The van der Waals surface area contributed by atoms with E-state index in [9.17, 15) is 4.79 Å². The van der Waals surface area contributed by atoms with E-state index in [0.717, 1.165) is 44.3 Å². The minimum absolute atomic E-state index is 0.108. The van der Waals surface area contributed by atoms with E-state index in [0.29, 0.717) is 18.8 Å². The summed E-state index contributed by atoms with van der Waals surface area (Å²) in [6.45, 7) is 8.30. The second-order valence-corrected chi connectivity index (χ2v) is 7.87. The minimum Gasteiger partial charge on any atom is -0.378 e. The fraction of sp³-hybridized carbons (Fsp3) is 0.708. The van der Waals surface area contributed by atoms with Crippen LogP contribution in [0.2, 0.25) is 0 Å². The molecular formula is C24H39NO4. The Kier molecular flexibility index (Phi) is 11.3. The van der Waals surface area contributed by atoms with Gasteiger partial charge in [-0.25, -0.2) is 0 Å². The Bertz CT molecular complexity index is 592. The van der Waals surface area contributed by atoms with Gasteiger partial charge in [0.25, 0.3) is 5.91 Å². The van der Waals surface area contributed by atoms with E-state index in [1.165, 1.54) is 30.7 Å². The number of carbonyl (C=O) groups is 1. The number of hydroxylamine groups is 2. The van der Waals surface area contributed by atoms with Crippen molar-refractivity contribution in [3.8, 4) is 0 Å². The number of carbonyl (C=O) groups excluding carboxylic acids is 1. The maximum Gasteiger partial charge on any atom is 0.280 e. The third-order valence-corrected chi connectivity index (χ3v) is 5.30. The van der Waals surface area contributed by atoms with E-state index in [2.05, 4.69) is 20.8 Å². The van der Waals surface area contributed by atoms with Crippen molar-refractivity contribution < 1.29 is 19.1 Å². The van der Waals surface area contributed by atoms with Gasteiger partial charge in [0.2, 0.25) is 0 Å². The summed E-state index contributed by atoms with van der Waals surface area (Å²) in [4.78, 5) is 18.7. The largest absolute Gasteiger partial charge is 0.378 e. The van der Waals surface area contributed by atoms with Gasteiger partial charge < -0.3 is 9.47 Å². The fourth-order valence-electron chi connectivity index (χ4n) is 3.45. The smallest absolute Gasteiger partial charge is 0.280 e. The second-order valence-electron chi connectivity index (χ2n) is 7.87. The van der Waals surface area contributed by atoms with Crippen molar-refractivity contribution >= 4 is 5.91 Å². The molecule has 29 heavy (non-hydrogen) atoms. The van der Waals surface area contributed by atoms with Crippen LogP contribution in [0.4, 0.5) is 0 Å². The predicted octanol–water partition coefficient (Wildman–Crippen LogP) is 6.05. The molecule has 2 unspecified atom stereocenters. The van der Waals surface area contributed by atoms with Gasteiger partial charge in [-0.05, 0) is 32.3 Å². The molecule has 5 heteroatoms. The molecule has 1 aliphatic rings. The van der Waals surface area contributed by atoms with Crippen LogP contribution in [0.1, 0.15) is 101 Å². The molecule has 0 N–H and O–H groups in total. The van der Waals surface area contributed by atoms with Crippen molar-refractivity contribution in [2.24, 2.45) is 0 Å². The monoisotopic (exact) mass is 405 g/mol. The molecule has 1 aromatic rings. The normalized spacial score (nSPS) is 17.0. The molecule has 0 bridgehead atoms. The maximum absolute atomic E-state index is 12.8. The lowest BCUT2D eigenvalue weighted by Crippen LogP contribution is -2.31. The Morgan fingerprint density at radius 3 is 2.45 bits per heavy atom. The number of rotatable bonds is 16. The van der Waals surface area contributed by atoms with Crippen LogP contribution < -0.4 is 0 Å². The molecule has 5 nitrogen and oxygen atoms in total. The van der Waals surface area contributed by atoms with Gasteiger partial charge in [-0.1, -0.05) is 70.6 Å². The van der Waals surface area contributed by atoms with Gasteiger partial charge in [0.05, 0.1) is 19.3 Å². The van der Waals surface area contributed by atoms with Crippen LogP contribution in [0.5, 0.6) is 0 Å². The van der Waals surface area contributed by atoms with Gasteiger partial charge in [0.15, 0.2) is 6.23 Å². The summed E-state index contributed by atoms with van der Waals surface area (Å²) in [5, 5.41) is 1.43. The van der Waals surface area contributed by atoms with Gasteiger partial charge in [-0.3, -0.25) is 9.63 Å². The highest BCUT2D eigenvalue weighted by Crippen LogP contribution is 2.34. The molecule has 0 saturated carbocycles. The number of nitrogens with zero attached hydrogens (tertiary/aromatic N) is 1. The molecule has 1 aromatic carbocycles. The van der Waals surface area contributed by atoms with Crippen LogP contribution in [0, 0.1) is 0 Å².